The number of halogens is 1. The summed E-state index contributed by atoms with van der Waals surface area (Å²) in [6, 6.07) is 16.1. The standard InChI is InChI=1S/C26H28ClN5O/c1-17-6-8-20(9-7-17)28-25-24-22(14-18(2)15-23(24)33)29-26(30-25)32-12-10-31(11-13-32)21-5-3-4-19(27)16-21/h3-9,16,18H,10-15H2,1-2H3,(H,28,29,30). The SMILES string of the molecule is Cc1ccc(Nc2nc(N3CCN(c4cccc(Cl)c4)CC3)nc3c2C(=O)CC(C)C3)cc1. The van der Waals surface area contributed by atoms with Crippen LogP contribution >= 0.6 is 11.6 Å². The van der Waals surface area contributed by atoms with Gasteiger partial charge in [-0.3, -0.25) is 4.79 Å². The number of ketones is 1. The van der Waals surface area contributed by atoms with Crippen LogP contribution in [0.2, 0.25) is 5.02 Å². The van der Waals surface area contributed by atoms with Crippen molar-refractivity contribution in [3.8, 4) is 0 Å². The minimum absolute atomic E-state index is 0.121. The molecular formula is C26H28ClN5O. The lowest BCUT2D eigenvalue weighted by Crippen LogP contribution is -2.47. The number of hydrogen-bond donors (Lipinski definition) is 1. The van der Waals surface area contributed by atoms with Crippen molar-refractivity contribution >= 4 is 40.5 Å². The first kappa shape index (κ1) is 21.7. The number of nitrogens with one attached hydrogen (secondary N) is 1. The molecule has 0 amide bonds. The lowest BCUT2D eigenvalue weighted by molar-refractivity contribution is 0.0952. The molecule has 1 N–H and O–H groups in total. The summed E-state index contributed by atoms with van der Waals surface area (Å²) in [6.45, 7) is 7.49. The Labute approximate surface area is 199 Å². The molecule has 2 aliphatic rings. The summed E-state index contributed by atoms with van der Waals surface area (Å²) < 4.78 is 0. The van der Waals surface area contributed by atoms with Gasteiger partial charge in [0.15, 0.2) is 5.78 Å². The molecule has 7 heteroatoms. The van der Waals surface area contributed by atoms with Crippen molar-refractivity contribution in [1.29, 1.82) is 0 Å². The van der Waals surface area contributed by atoms with Gasteiger partial charge in [-0.05, 0) is 49.6 Å². The molecule has 0 spiro atoms. The second-order valence-electron chi connectivity index (χ2n) is 9.08. The summed E-state index contributed by atoms with van der Waals surface area (Å²) >= 11 is 6.18. The highest BCUT2D eigenvalue weighted by atomic mass is 35.5. The van der Waals surface area contributed by atoms with Gasteiger partial charge >= 0.3 is 0 Å². The maximum absolute atomic E-state index is 12.9. The van der Waals surface area contributed by atoms with E-state index in [2.05, 4.69) is 47.2 Å². The summed E-state index contributed by atoms with van der Waals surface area (Å²) in [5, 5.41) is 4.15. The number of carbonyl (C=O) groups is 1. The zero-order valence-corrected chi connectivity index (χ0v) is 19.8. The number of aryl methyl sites for hydroxylation is 1. The summed E-state index contributed by atoms with van der Waals surface area (Å²) in [6.07, 6.45) is 1.33. The number of benzene rings is 2. The van der Waals surface area contributed by atoms with Crippen LogP contribution in [0, 0.1) is 12.8 Å². The Morgan fingerprint density at radius 3 is 2.42 bits per heavy atom. The molecule has 0 saturated carbocycles. The lowest BCUT2D eigenvalue weighted by atomic mass is 9.87. The van der Waals surface area contributed by atoms with Crippen molar-refractivity contribution in [2.24, 2.45) is 5.92 Å². The highest BCUT2D eigenvalue weighted by Gasteiger charge is 2.30. The fraction of sp³-hybridized carbons (Fsp3) is 0.346. The van der Waals surface area contributed by atoms with Crippen LogP contribution in [-0.4, -0.2) is 41.9 Å². The number of nitrogens with zero attached hydrogens (tertiary/aromatic N) is 4. The van der Waals surface area contributed by atoms with Gasteiger partial charge in [0.2, 0.25) is 5.95 Å². The van der Waals surface area contributed by atoms with E-state index in [-0.39, 0.29) is 5.78 Å². The maximum atomic E-state index is 12.9. The number of anilines is 4. The van der Waals surface area contributed by atoms with E-state index in [9.17, 15) is 4.79 Å². The molecule has 1 atom stereocenters. The van der Waals surface area contributed by atoms with Crippen LogP contribution in [-0.2, 0) is 6.42 Å². The summed E-state index contributed by atoms with van der Waals surface area (Å²) in [5.41, 5.74) is 4.75. The molecule has 33 heavy (non-hydrogen) atoms. The Bertz CT molecular complexity index is 1170. The van der Waals surface area contributed by atoms with Crippen molar-refractivity contribution in [2.45, 2.75) is 26.7 Å². The number of hydrogen-bond acceptors (Lipinski definition) is 6. The van der Waals surface area contributed by atoms with Crippen LogP contribution in [0.4, 0.5) is 23.1 Å². The van der Waals surface area contributed by atoms with Gasteiger partial charge in [-0.25, -0.2) is 4.98 Å². The Morgan fingerprint density at radius 2 is 1.70 bits per heavy atom. The van der Waals surface area contributed by atoms with Crippen LogP contribution in [0.3, 0.4) is 0 Å². The molecule has 2 aromatic carbocycles. The van der Waals surface area contributed by atoms with Crippen LogP contribution < -0.4 is 15.1 Å². The molecule has 1 aromatic heterocycles. The molecule has 1 saturated heterocycles. The van der Waals surface area contributed by atoms with Crippen molar-refractivity contribution < 1.29 is 4.79 Å². The summed E-state index contributed by atoms with van der Waals surface area (Å²) in [5.74, 6) is 1.72. The minimum atomic E-state index is 0.121. The molecule has 1 aliphatic carbocycles. The molecule has 6 nitrogen and oxygen atoms in total. The van der Waals surface area contributed by atoms with E-state index in [1.807, 2.05) is 30.3 Å². The van der Waals surface area contributed by atoms with E-state index in [0.717, 1.165) is 54.7 Å². The first-order valence-corrected chi connectivity index (χ1v) is 11.9. The minimum Gasteiger partial charge on any atom is -0.368 e. The zero-order chi connectivity index (χ0) is 22.9. The van der Waals surface area contributed by atoms with E-state index in [1.165, 1.54) is 5.56 Å². The number of carbonyl (C=O) groups excluding carboxylic acids is 1. The monoisotopic (exact) mass is 461 g/mol. The molecule has 3 aromatic rings. The van der Waals surface area contributed by atoms with Gasteiger partial charge in [0, 0.05) is 49.0 Å². The van der Waals surface area contributed by atoms with Gasteiger partial charge in [0.1, 0.15) is 5.82 Å². The van der Waals surface area contributed by atoms with Gasteiger partial charge in [-0.1, -0.05) is 42.3 Å². The number of piperazine rings is 1. The van der Waals surface area contributed by atoms with Crippen molar-refractivity contribution in [2.75, 3.05) is 41.3 Å². The Morgan fingerprint density at radius 1 is 0.970 bits per heavy atom. The summed E-state index contributed by atoms with van der Waals surface area (Å²) in [4.78, 5) is 27.2. The molecule has 1 unspecified atom stereocenters. The number of Topliss-reactive ketones (excluding diaryl/α,β-unsaturated/α-hetero) is 1. The Hall–Kier alpha value is -3.12. The quantitative estimate of drug-likeness (QED) is 0.570. The fourth-order valence-corrected chi connectivity index (χ4v) is 4.78. The van der Waals surface area contributed by atoms with Gasteiger partial charge in [-0.2, -0.15) is 4.98 Å². The van der Waals surface area contributed by atoms with Crippen LogP contribution in [0.1, 0.15) is 35.0 Å². The van der Waals surface area contributed by atoms with E-state index < -0.39 is 0 Å². The van der Waals surface area contributed by atoms with Gasteiger partial charge < -0.3 is 15.1 Å². The average molecular weight is 462 g/mol. The Balaban J connectivity index is 1.42. The van der Waals surface area contributed by atoms with E-state index in [0.29, 0.717) is 29.7 Å². The fourth-order valence-electron chi connectivity index (χ4n) is 4.60. The van der Waals surface area contributed by atoms with E-state index in [4.69, 9.17) is 21.6 Å². The highest BCUT2D eigenvalue weighted by molar-refractivity contribution is 6.30. The third kappa shape index (κ3) is 4.67. The van der Waals surface area contributed by atoms with E-state index >= 15 is 0 Å². The van der Waals surface area contributed by atoms with Crippen molar-refractivity contribution in [3.63, 3.8) is 0 Å². The van der Waals surface area contributed by atoms with Crippen LogP contribution in [0.15, 0.2) is 48.5 Å². The molecular weight excluding hydrogens is 434 g/mol. The molecule has 0 bridgehead atoms. The van der Waals surface area contributed by atoms with E-state index in [1.54, 1.807) is 0 Å². The van der Waals surface area contributed by atoms with Gasteiger partial charge in [0.25, 0.3) is 0 Å². The molecule has 5 rings (SSSR count). The first-order chi connectivity index (χ1) is 16.0. The second kappa shape index (κ2) is 9.02. The van der Waals surface area contributed by atoms with Gasteiger partial charge in [0.05, 0.1) is 11.3 Å². The molecule has 170 valence electrons. The highest BCUT2D eigenvalue weighted by Crippen LogP contribution is 2.32. The maximum Gasteiger partial charge on any atom is 0.227 e. The number of aromatic nitrogens is 2. The number of fused-ring (bicyclic) bond motifs is 1. The summed E-state index contributed by atoms with van der Waals surface area (Å²) in [7, 11) is 0. The predicted molar refractivity (Wildman–Crippen MR) is 134 cm³/mol. The van der Waals surface area contributed by atoms with Crippen LogP contribution in [0.25, 0.3) is 0 Å². The molecule has 1 aliphatic heterocycles. The first-order valence-electron chi connectivity index (χ1n) is 11.5. The zero-order valence-electron chi connectivity index (χ0n) is 19.0. The van der Waals surface area contributed by atoms with Crippen LogP contribution in [0.5, 0.6) is 0 Å². The molecule has 1 fully saturated rings. The smallest absolute Gasteiger partial charge is 0.227 e. The third-order valence-electron chi connectivity index (χ3n) is 6.38. The second-order valence-corrected chi connectivity index (χ2v) is 9.51. The lowest BCUT2D eigenvalue weighted by Gasteiger charge is -2.36. The predicted octanol–water partition coefficient (Wildman–Crippen LogP) is 5.27. The average Bonchev–Trinajstić information content (AvgIpc) is 2.80. The van der Waals surface area contributed by atoms with Crippen molar-refractivity contribution in [1.82, 2.24) is 9.97 Å². The third-order valence-corrected chi connectivity index (χ3v) is 6.61. The number of rotatable bonds is 4. The largest absolute Gasteiger partial charge is 0.368 e. The molecule has 2 heterocycles. The van der Waals surface area contributed by atoms with Gasteiger partial charge in [-0.15, -0.1) is 0 Å². The normalized spacial score (nSPS) is 18.3. The topological polar surface area (TPSA) is 61.4 Å². The van der Waals surface area contributed by atoms with Crippen molar-refractivity contribution in [3.05, 3.63) is 70.4 Å². The Kier molecular flexibility index (Phi) is 5.94. The molecule has 0 radical (unpaired) electrons.